The maximum atomic E-state index is 12.3. The van der Waals surface area contributed by atoms with E-state index in [1.54, 1.807) is 18.5 Å². The molecule has 0 bridgehead atoms. The minimum Gasteiger partial charge on any atom is -0.279 e. The predicted octanol–water partition coefficient (Wildman–Crippen LogP) is 3.55. The van der Waals surface area contributed by atoms with Crippen LogP contribution in [-0.2, 0) is 6.18 Å². The molecule has 1 aromatic heterocycles. The van der Waals surface area contributed by atoms with Crippen LogP contribution in [0.2, 0.25) is 0 Å². The Morgan fingerprint density at radius 3 is 2.42 bits per heavy atom. The second-order valence-corrected chi connectivity index (χ2v) is 3.73. The molecule has 19 heavy (non-hydrogen) atoms. The first-order valence-electron chi connectivity index (χ1n) is 5.42. The van der Waals surface area contributed by atoms with Crippen molar-refractivity contribution in [2.75, 3.05) is 5.43 Å². The van der Waals surface area contributed by atoms with Crippen LogP contribution < -0.4 is 5.43 Å². The largest absolute Gasteiger partial charge is 0.416 e. The van der Waals surface area contributed by atoms with Crippen LogP contribution in [0.3, 0.4) is 0 Å². The van der Waals surface area contributed by atoms with E-state index < -0.39 is 11.7 Å². The first-order valence-corrected chi connectivity index (χ1v) is 5.42. The van der Waals surface area contributed by atoms with Crippen molar-refractivity contribution < 1.29 is 13.2 Å². The summed E-state index contributed by atoms with van der Waals surface area (Å²) in [6, 6.07) is 8.22. The van der Waals surface area contributed by atoms with Crippen LogP contribution in [0.25, 0.3) is 0 Å². The standard InChI is InChI=1S/C13H10F3N3/c14-13(15,16)11-3-5-12(6-4-11)19-18-9-10-2-1-7-17-8-10/h1-9,19H/b18-9-. The monoisotopic (exact) mass is 265 g/mol. The lowest BCUT2D eigenvalue weighted by molar-refractivity contribution is -0.137. The molecule has 0 spiro atoms. The molecule has 0 atom stereocenters. The van der Waals surface area contributed by atoms with Gasteiger partial charge in [0.25, 0.3) is 0 Å². The van der Waals surface area contributed by atoms with Gasteiger partial charge in [0.1, 0.15) is 0 Å². The molecule has 2 aromatic rings. The third-order valence-corrected chi connectivity index (χ3v) is 2.30. The Morgan fingerprint density at radius 1 is 1.11 bits per heavy atom. The summed E-state index contributed by atoms with van der Waals surface area (Å²) < 4.78 is 37.0. The van der Waals surface area contributed by atoms with Crippen LogP contribution in [-0.4, -0.2) is 11.2 Å². The van der Waals surface area contributed by atoms with Crippen molar-refractivity contribution in [2.24, 2.45) is 5.10 Å². The summed E-state index contributed by atoms with van der Waals surface area (Å²) in [6.45, 7) is 0. The van der Waals surface area contributed by atoms with Crippen molar-refractivity contribution in [3.05, 3.63) is 59.9 Å². The number of halogens is 3. The maximum absolute atomic E-state index is 12.3. The number of aromatic nitrogens is 1. The van der Waals surface area contributed by atoms with Gasteiger partial charge in [-0.1, -0.05) is 6.07 Å². The van der Waals surface area contributed by atoms with E-state index in [0.717, 1.165) is 17.7 Å². The molecule has 1 aromatic carbocycles. The molecule has 1 N–H and O–H groups in total. The van der Waals surface area contributed by atoms with Gasteiger partial charge in [-0.15, -0.1) is 0 Å². The van der Waals surface area contributed by atoms with Crippen molar-refractivity contribution in [3.8, 4) is 0 Å². The van der Waals surface area contributed by atoms with Gasteiger partial charge in [-0.25, -0.2) is 0 Å². The molecule has 0 amide bonds. The number of pyridine rings is 1. The van der Waals surface area contributed by atoms with Gasteiger partial charge < -0.3 is 0 Å². The highest BCUT2D eigenvalue weighted by atomic mass is 19.4. The summed E-state index contributed by atoms with van der Waals surface area (Å²) in [5, 5.41) is 3.91. The third kappa shape index (κ3) is 3.80. The van der Waals surface area contributed by atoms with Gasteiger partial charge in [-0.05, 0) is 30.3 Å². The first kappa shape index (κ1) is 13.1. The van der Waals surface area contributed by atoms with E-state index in [0.29, 0.717) is 5.69 Å². The highest BCUT2D eigenvalue weighted by Gasteiger charge is 2.29. The number of alkyl halides is 3. The van der Waals surface area contributed by atoms with Gasteiger partial charge >= 0.3 is 6.18 Å². The predicted molar refractivity (Wildman–Crippen MR) is 66.9 cm³/mol. The maximum Gasteiger partial charge on any atom is 0.416 e. The van der Waals surface area contributed by atoms with Gasteiger partial charge in [0.05, 0.1) is 17.5 Å². The van der Waals surface area contributed by atoms with Crippen molar-refractivity contribution in [1.29, 1.82) is 0 Å². The van der Waals surface area contributed by atoms with E-state index in [-0.39, 0.29) is 0 Å². The topological polar surface area (TPSA) is 37.3 Å². The first-order chi connectivity index (χ1) is 9.05. The molecule has 0 aliphatic rings. The minimum atomic E-state index is -4.32. The molecule has 0 fully saturated rings. The number of benzene rings is 1. The summed E-state index contributed by atoms with van der Waals surface area (Å²) in [5.74, 6) is 0. The molecular formula is C13H10F3N3. The van der Waals surface area contributed by atoms with E-state index in [9.17, 15) is 13.2 Å². The number of hydrogen-bond acceptors (Lipinski definition) is 3. The number of hydrazone groups is 1. The molecule has 6 heteroatoms. The lowest BCUT2D eigenvalue weighted by Crippen LogP contribution is -2.04. The Bertz CT molecular complexity index is 548. The summed E-state index contributed by atoms with van der Waals surface area (Å²) in [4.78, 5) is 3.90. The molecule has 0 saturated heterocycles. The minimum absolute atomic E-state index is 0.480. The average Bonchev–Trinajstić information content (AvgIpc) is 2.39. The molecule has 0 aliphatic carbocycles. The van der Waals surface area contributed by atoms with E-state index in [2.05, 4.69) is 15.5 Å². The zero-order valence-corrected chi connectivity index (χ0v) is 9.72. The molecule has 0 radical (unpaired) electrons. The van der Waals surface area contributed by atoms with E-state index in [1.165, 1.54) is 18.3 Å². The number of hydrogen-bond donors (Lipinski definition) is 1. The van der Waals surface area contributed by atoms with Crippen molar-refractivity contribution in [1.82, 2.24) is 4.98 Å². The fraction of sp³-hybridized carbons (Fsp3) is 0.0769. The van der Waals surface area contributed by atoms with Crippen molar-refractivity contribution >= 4 is 11.9 Å². The van der Waals surface area contributed by atoms with E-state index in [1.807, 2.05) is 6.07 Å². The average molecular weight is 265 g/mol. The lowest BCUT2D eigenvalue weighted by atomic mass is 10.2. The Kier molecular flexibility index (Phi) is 3.79. The van der Waals surface area contributed by atoms with Crippen molar-refractivity contribution in [2.45, 2.75) is 6.18 Å². The van der Waals surface area contributed by atoms with Crippen LogP contribution in [0.1, 0.15) is 11.1 Å². The summed E-state index contributed by atoms with van der Waals surface area (Å²) in [6.07, 6.45) is 0.473. The van der Waals surface area contributed by atoms with Crippen LogP contribution in [0.4, 0.5) is 18.9 Å². The Morgan fingerprint density at radius 2 is 1.84 bits per heavy atom. The van der Waals surface area contributed by atoms with Gasteiger partial charge in [0.15, 0.2) is 0 Å². The highest BCUT2D eigenvalue weighted by Crippen LogP contribution is 2.29. The second kappa shape index (κ2) is 5.51. The van der Waals surface area contributed by atoms with Crippen LogP contribution in [0.5, 0.6) is 0 Å². The van der Waals surface area contributed by atoms with Crippen LogP contribution >= 0.6 is 0 Å². The fourth-order valence-corrected chi connectivity index (χ4v) is 1.37. The number of nitrogens with zero attached hydrogens (tertiary/aromatic N) is 2. The summed E-state index contributed by atoms with van der Waals surface area (Å²) >= 11 is 0. The third-order valence-electron chi connectivity index (χ3n) is 2.30. The molecule has 0 unspecified atom stereocenters. The van der Waals surface area contributed by atoms with E-state index in [4.69, 9.17) is 0 Å². The number of nitrogens with one attached hydrogen (secondary N) is 1. The van der Waals surface area contributed by atoms with E-state index >= 15 is 0 Å². The van der Waals surface area contributed by atoms with Gasteiger partial charge in [0.2, 0.25) is 0 Å². The number of rotatable bonds is 3. The van der Waals surface area contributed by atoms with Gasteiger partial charge in [-0.2, -0.15) is 18.3 Å². The van der Waals surface area contributed by atoms with Crippen molar-refractivity contribution in [3.63, 3.8) is 0 Å². The Hall–Kier alpha value is -2.37. The Labute approximate surface area is 107 Å². The fourth-order valence-electron chi connectivity index (χ4n) is 1.37. The zero-order chi connectivity index (χ0) is 13.7. The molecule has 98 valence electrons. The SMILES string of the molecule is FC(F)(F)c1ccc(N/N=C\c2cccnc2)cc1. The van der Waals surface area contributed by atoms with Gasteiger partial charge in [-0.3, -0.25) is 10.4 Å². The summed E-state index contributed by atoms with van der Waals surface area (Å²) in [5.41, 5.74) is 3.23. The molecule has 0 saturated carbocycles. The normalized spacial score (nSPS) is 11.7. The summed E-state index contributed by atoms with van der Waals surface area (Å²) in [7, 11) is 0. The molecule has 2 rings (SSSR count). The molecule has 1 heterocycles. The Balaban J connectivity index is 1.99. The smallest absolute Gasteiger partial charge is 0.279 e. The number of anilines is 1. The highest BCUT2D eigenvalue weighted by molar-refractivity contribution is 5.79. The molecular weight excluding hydrogens is 255 g/mol. The zero-order valence-electron chi connectivity index (χ0n) is 9.72. The lowest BCUT2D eigenvalue weighted by Gasteiger charge is -2.06. The molecule has 0 aliphatic heterocycles. The second-order valence-electron chi connectivity index (χ2n) is 3.73. The van der Waals surface area contributed by atoms with Gasteiger partial charge in [0, 0.05) is 18.0 Å². The van der Waals surface area contributed by atoms with Crippen LogP contribution in [0.15, 0.2) is 53.9 Å². The molecule has 3 nitrogen and oxygen atoms in total. The van der Waals surface area contributed by atoms with Crippen LogP contribution in [0, 0.1) is 0 Å². The quantitative estimate of drug-likeness (QED) is 0.680.